The van der Waals surface area contributed by atoms with Gasteiger partial charge in [-0.15, -0.1) is 0 Å². The lowest BCUT2D eigenvalue weighted by Crippen LogP contribution is -2.44. The zero-order chi connectivity index (χ0) is 17.0. The Morgan fingerprint density at radius 2 is 2.30 bits per heavy atom. The van der Waals surface area contributed by atoms with Crippen molar-refractivity contribution in [2.75, 3.05) is 18.1 Å². The predicted octanol–water partition coefficient (Wildman–Crippen LogP) is 1.82. The Morgan fingerprint density at radius 3 is 2.91 bits per heavy atom. The average Bonchev–Trinajstić information content (AvgIpc) is 2.51. The Hall–Kier alpha value is -3.01. The van der Waals surface area contributed by atoms with Gasteiger partial charge in [-0.1, -0.05) is 0 Å². The van der Waals surface area contributed by atoms with Crippen LogP contribution >= 0.6 is 0 Å². The van der Waals surface area contributed by atoms with Gasteiger partial charge in [-0.2, -0.15) is 5.26 Å². The Balaban J connectivity index is 2.58. The molecule has 0 bridgehead atoms. The maximum atomic E-state index is 12.2. The summed E-state index contributed by atoms with van der Waals surface area (Å²) >= 11 is 0. The summed E-state index contributed by atoms with van der Waals surface area (Å²) in [7, 11) is 0. The smallest absolute Gasteiger partial charge is 0.328 e. The van der Waals surface area contributed by atoms with Crippen molar-refractivity contribution < 1.29 is 24.2 Å². The van der Waals surface area contributed by atoms with Crippen LogP contribution in [0.15, 0.2) is 18.2 Å². The fraction of sp³-hybridized carbons (Fsp3) is 0.312. The Labute approximate surface area is 133 Å². The molecule has 0 saturated carbocycles. The van der Waals surface area contributed by atoms with E-state index in [1.807, 2.05) is 6.07 Å². The summed E-state index contributed by atoms with van der Waals surface area (Å²) in [6.07, 6.45) is 1.65. The number of fused-ring (bicyclic) bond motifs is 1. The standard InChI is InChI=1S/C16H16N2O5/c1-3-22-13-9-11(4-5-14(19)20)8-12-15(13)23-10(2)16(21)18(12)7-6-17/h4-5,8-10H,3,7H2,1-2H3,(H,19,20)/b5-4+. The molecule has 0 fully saturated rings. The fourth-order valence-electron chi connectivity index (χ4n) is 2.25. The number of aliphatic carboxylic acids is 1. The fourth-order valence-corrected chi connectivity index (χ4v) is 2.25. The number of hydrogen-bond acceptors (Lipinski definition) is 5. The first-order valence-electron chi connectivity index (χ1n) is 7.04. The van der Waals surface area contributed by atoms with Gasteiger partial charge in [0.05, 0.1) is 18.4 Å². The van der Waals surface area contributed by atoms with Crippen molar-refractivity contribution in [3.05, 3.63) is 23.8 Å². The molecule has 0 radical (unpaired) electrons. The first-order valence-corrected chi connectivity index (χ1v) is 7.04. The van der Waals surface area contributed by atoms with Gasteiger partial charge in [-0.05, 0) is 37.6 Å². The number of hydrogen-bond donors (Lipinski definition) is 1. The van der Waals surface area contributed by atoms with Crippen LogP contribution in [0.2, 0.25) is 0 Å². The van der Waals surface area contributed by atoms with Crippen molar-refractivity contribution in [3.8, 4) is 17.6 Å². The molecule has 0 saturated heterocycles. The molecule has 1 aromatic rings. The van der Waals surface area contributed by atoms with E-state index in [1.54, 1.807) is 26.0 Å². The molecule has 2 rings (SSSR count). The Morgan fingerprint density at radius 1 is 1.57 bits per heavy atom. The molecule has 0 aromatic heterocycles. The van der Waals surface area contributed by atoms with Crippen molar-refractivity contribution in [3.63, 3.8) is 0 Å². The summed E-state index contributed by atoms with van der Waals surface area (Å²) < 4.78 is 11.2. The van der Waals surface area contributed by atoms with Crippen molar-refractivity contribution >= 4 is 23.6 Å². The van der Waals surface area contributed by atoms with Crippen molar-refractivity contribution in [1.29, 1.82) is 5.26 Å². The molecule has 1 N–H and O–H groups in total. The third kappa shape index (κ3) is 3.43. The summed E-state index contributed by atoms with van der Waals surface area (Å²) in [4.78, 5) is 24.2. The number of nitriles is 1. The number of carboxylic acids is 1. The highest BCUT2D eigenvalue weighted by Crippen LogP contribution is 2.43. The van der Waals surface area contributed by atoms with Crippen LogP contribution in [0.4, 0.5) is 5.69 Å². The molecular weight excluding hydrogens is 300 g/mol. The van der Waals surface area contributed by atoms with Gasteiger partial charge >= 0.3 is 5.97 Å². The zero-order valence-electron chi connectivity index (χ0n) is 12.8. The molecule has 23 heavy (non-hydrogen) atoms. The molecule has 1 atom stereocenters. The molecule has 1 aliphatic heterocycles. The highest BCUT2D eigenvalue weighted by molar-refractivity contribution is 6.01. The van der Waals surface area contributed by atoms with E-state index in [9.17, 15) is 9.59 Å². The highest BCUT2D eigenvalue weighted by atomic mass is 16.5. The molecule has 120 valence electrons. The van der Waals surface area contributed by atoms with Gasteiger partial charge < -0.3 is 14.6 Å². The normalized spacial score (nSPS) is 16.7. The van der Waals surface area contributed by atoms with Crippen molar-refractivity contribution in [1.82, 2.24) is 0 Å². The van der Waals surface area contributed by atoms with Crippen LogP contribution in [0.3, 0.4) is 0 Å². The van der Waals surface area contributed by atoms with Gasteiger partial charge in [0.1, 0.15) is 6.54 Å². The van der Waals surface area contributed by atoms with E-state index in [2.05, 4.69) is 0 Å². The number of carboxylic acid groups (broad SMARTS) is 1. The van der Waals surface area contributed by atoms with E-state index in [0.29, 0.717) is 29.4 Å². The van der Waals surface area contributed by atoms with Crippen LogP contribution in [0.5, 0.6) is 11.5 Å². The first kappa shape index (κ1) is 16.4. The zero-order valence-corrected chi connectivity index (χ0v) is 12.8. The van der Waals surface area contributed by atoms with Gasteiger partial charge in [-0.25, -0.2) is 4.79 Å². The Kier molecular flexibility index (Phi) is 4.86. The molecular formula is C16H16N2O5. The van der Waals surface area contributed by atoms with Gasteiger partial charge in [0.15, 0.2) is 17.6 Å². The first-order chi connectivity index (χ1) is 11.0. The average molecular weight is 316 g/mol. The van der Waals surface area contributed by atoms with Crippen LogP contribution in [0, 0.1) is 11.3 Å². The number of amides is 1. The number of benzene rings is 1. The lowest BCUT2D eigenvalue weighted by molar-refractivity contribution is -0.131. The third-order valence-corrected chi connectivity index (χ3v) is 3.20. The van der Waals surface area contributed by atoms with E-state index in [0.717, 1.165) is 6.08 Å². The van der Waals surface area contributed by atoms with Gasteiger partial charge in [-0.3, -0.25) is 9.69 Å². The largest absolute Gasteiger partial charge is 0.490 e. The molecule has 0 aliphatic carbocycles. The minimum Gasteiger partial charge on any atom is -0.490 e. The monoisotopic (exact) mass is 316 g/mol. The molecule has 7 nitrogen and oxygen atoms in total. The van der Waals surface area contributed by atoms with Crippen LogP contribution in [-0.4, -0.2) is 36.2 Å². The number of carbonyl (C=O) groups is 2. The second-order valence-electron chi connectivity index (χ2n) is 4.81. The van der Waals surface area contributed by atoms with Crippen molar-refractivity contribution in [2.45, 2.75) is 20.0 Å². The number of nitrogens with zero attached hydrogens (tertiary/aromatic N) is 2. The van der Waals surface area contributed by atoms with Crippen LogP contribution < -0.4 is 14.4 Å². The summed E-state index contributed by atoms with van der Waals surface area (Å²) in [5.74, 6) is -0.643. The second kappa shape index (κ2) is 6.83. The van der Waals surface area contributed by atoms with E-state index in [4.69, 9.17) is 19.8 Å². The Bertz CT molecular complexity index is 705. The van der Waals surface area contributed by atoms with Gasteiger partial charge in [0, 0.05) is 6.08 Å². The van der Waals surface area contributed by atoms with E-state index >= 15 is 0 Å². The molecule has 1 unspecified atom stereocenters. The van der Waals surface area contributed by atoms with Gasteiger partial charge in [0.2, 0.25) is 0 Å². The van der Waals surface area contributed by atoms with Crippen LogP contribution in [-0.2, 0) is 9.59 Å². The van der Waals surface area contributed by atoms with E-state index < -0.39 is 12.1 Å². The summed E-state index contributed by atoms with van der Waals surface area (Å²) in [5, 5.41) is 17.7. The minimum atomic E-state index is -1.09. The number of rotatable bonds is 5. The number of anilines is 1. The van der Waals surface area contributed by atoms with E-state index in [-0.39, 0.29) is 12.5 Å². The molecule has 1 aromatic carbocycles. The maximum absolute atomic E-state index is 12.2. The summed E-state index contributed by atoms with van der Waals surface area (Å²) in [6.45, 7) is 3.65. The molecule has 1 amide bonds. The molecule has 1 heterocycles. The van der Waals surface area contributed by atoms with Crippen LogP contribution in [0.25, 0.3) is 6.08 Å². The SMILES string of the molecule is CCOc1cc(/C=C/C(=O)O)cc2c1OC(C)C(=O)N2CC#N. The topological polar surface area (TPSA) is 99.9 Å². The third-order valence-electron chi connectivity index (χ3n) is 3.20. The quantitative estimate of drug-likeness (QED) is 0.657. The van der Waals surface area contributed by atoms with E-state index in [1.165, 1.54) is 11.0 Å². The highest BCUT2D eigenvalue weighted by Gasteiger charge is 2.33. The minimum absolute atomic E-state index is 0.128. The summed E-state index contributed by atoms with van der Waals surface area (Å²) in [6, 6.07) is 5.18. The number of carbonyl (C=O) groups excluding carboxylic acids is 1. The van der Waals surface area contributed by atoms with Gasteiger partial charge in [0.25, 0.3) is 5.91 Å². The second-order valence-corrected chi connectivity index (χ2v) is 4.81. The number of ether oxygens (including phenoxy) is 2. The lowest BCUT2D eigenvalue weighted by Gasteiger charge is -2.32. The van der Waals surface area contributed by atoms with Crippen LogP contribution in [0.1, 0.15) is 19.4 Å². The molecule has 1 aliphatic rings. The predicted molar refractivity (Wildman–Crippen MR) is 82.3 cm³/mol. The lowest BCUT2D eigenvalue weighted by atomic mass is 10.1. The van der Waals surface area contributed by atoms with Crippen molar-refractivity contribution in [2.24, 2.45) is 0 Å². The molecule has 7 heteroatoms. The maximum Gasteiger partial charge on any atom is 0.328 e. The summed E-state index contributed by atoms with van der Waals surface area (Å²) in [5.41, 5.74) is 0.925. The molecule has 0 spiro atoms.